The van der Waals surface area contributed by atoms with Gasteiger partial charge in [0.15, 0.2) is 15.7 Å². The van der Waals surface area contributed by atoms with Crippen molar-refractivity contribution in [3.8, 4) is 5.75 Å². The lowest BCUT2D eigenvalue weighted by Gasteiger charge is -2.16. The summed E-state index contributed by atoms with van der Waals surface area (Å²) in [4.78, 5) is 13.3. The van der Waals surface area contributed by atoms with Crippen molar-refractivity contribution in [2.75, 3.05) is 11.6 Å². The number of aromatic nitrogens is 2. The normalized spacial score (nSPS) is 20.7. The number of ether oxygens (including phenoxy) is 1. The number of fused-ring (bicyclic) bond motifs is 1. The van der Waals surface area contributed by atoms with Crippen LogP contribution in [0.1, 0.15) is 59.2 Å². The van der Waals surface area contributed by atoms with Gasteiger partial charge in [0.1, 0.15) is 11.4 Å². The third-order valence-corrected chi connectivity index (χ3v) is 7.46. The second-order valence-corrected chi connectivity index (χ2v) is 11.7. The average molecular weight is 466 g/mol. The first-order chi connectivity index (χ1) is 15.5. The van der Waals surface area contributed by atoms with E-state index in [9.17, 15) is 13.2 Å². The number of carbonyl (C=O) groups is 1. The Labute approximate surface area is 193 Å². The first-order valence-corrected chi connectivity index (χ1v) is 12.9. The molecule has 1 aromatic heterocycles. The summed E-state index contributed by atoms with van der Waals surface area (Å²) in [7, 11) is -1.47. The van der Waals surface area contributed by atoms with Gasteiger partial charge in [0, 0.05) is 43.1 Å². The zero-order valence-electron chi connectivity index (χ0n) is 19.1. The van der Waals surface area contributed by atoms with Gasteiger partial charge in [-0.1, -0.05) is 12.1 Å². The Morgan fingerprint density at radius 1 is 1.18 bits per heavy atom. The molecule has 7 nitrogen and oxygen atoms in total. The molecule has 172 valence electrons. The van der Waals surface area contributed by atoms with Gasteiger partial charge in [0.25, 0.3) is 5.91 Å². The van der Waals surface area contributed by atoms with E-state index in [4.69, 9.17) is 4.74 Å². The molecule has 8 heteroatoms. The van der Waals surface area contributed by atoms with E-state index in [1.807, 2.05) is 32.0 Å². The highest BCUT2D eigenvalue weighted by atomic mass is 32.2. The van der Waals surface area contributed by atoms with Crippen LogP contribution in [0, 0.1) is 0 Å². The van der Waals surface area contributed by atoms with Crippen LogP contribution in [0.2, 0.25) is 0 Å². The van der Waals surface area contributed by atoms with Crippen molar-refractivity contribution in [2.24, 2.45) is 7.05 Å². The monoisotopic (exact) mass is 465 g/mol. The molecule has 1 aliphatic heterocycles. The van der Waals surface area contributed by atoms with Gasteiger partial charge < -0.3 is 10.1 Å². The molecule has 1 fully saturated rings. The minimum Gasteiger partial charge on any atom is -0.487 e. The third-order valence-electron chi connectivity index (χ3n) is 6.35. The molecule has 1 N–H and O–H groups in total. The van der Waals surface area contributed by atoms with Crippen molar-refractivity contribution in [2.45, 2.75) is 49.0 Å². The van der Waals surface area contributed by atoms with Crippen LogP contribution in [0.15, 0.2) is 53.6 Å². The smallest absolute Gasteiger partial charge is 0.257 e. The van der Waals surface area contributed by atoms with Crippen LogP contribution in [0.3, 0.4) is 0 Å². The highest BCUT2D eigenvalue weighted by molar-refractivity contribution is 7.90. The van der Waals surface area contributed by atoms with Gasteiger partial charge in [0.05, 0.1) is 4.90 Å². The number of carbonyl (C=O) groups excluding carboxylic acids is 1. The lowest BCUT2D eigenvalue weighted by atomic mass is 9.92. The Kier molecular flexibility index (Phi) is 4.90. The topological polar surface area (TPSA) is 90.3 Å². The summed E-state index contributed by atoms with van der Waals surface area (Å²) < 4.78 is 31.8. The van der Waals surface area contributed by atoms with E-state index < -0.39 is 9.84 Å². The van der Waals surface area contributed by atoms with Gasteiger partial charge in [-0.3, -0.25) is 9.48 Å². The Morgan fingerprint density at radius 3 is 2.67 bits per heavy atom. The molecule has 1 aliphatic carbocycles. The summed E-state index contributed by atoms with van der Waals surface area (Å²) in [6, 6.07) is 12.7. The van der Waals surface area contributed by atoms with Crippen LogP contribution in [0.4, 0.5) is 5.82 Å². The molecule has 2 heterocycles. The molecule has 2 atom stereocenters. The zero-order chi connectivity index (χ0) is 23.5. The number of benzene rings is 2. The summed E-state index contributed by atoms with van der Waals surface area (Å²) in [5.74, 6) is 1.44. The van der Waals surface area contributed by atoms with Crippen molar-refractivity contribution in [3.63, 3.8) is 0 Å². The quantitative estimate of drug-likeness (QED) is 0.614. The van der Waals surface area contributed by atoms with E-state index in [1.165, 1.54) is 6.26 Å². The minimum atomic E-state index is -3.26. The van der Waals surface area contributed by atoms with Crippen molar-refractivity contribution in [1.82, 2.24) is 9.78 Å². The van der Waals surface area contributed by atoms with Crippen LogP contribution < -0.4 is 10.1 Å². The minimum absolute atomic E-state index is 0.216. The number of sulfone groups is 1. The maximum atomic E-state index is 13.0. The van der Waals surface area contributed by atoms with Gasteiger partial charge in [-0.25, -0.2) is 8.42 Å². The summed E-state index contributed by atoms with van der Waals surface area (Å²) in [6.45, 7) is 4.09. The zero-order valence-corrected chi connectivity index (χ0v) is 19.9. The van der Waals surface area contributed by atoms with E-state index in [1.54, 1.807) is 42.2 Å². The predicted molar refractivity (Wildman–Crippen MR) is 126 cm³/mol. The molecule has 0 bridgehead atoms. The number of nitrogens with one attached hydrogen (secondary N) is 1. The Hall–Kier alpha value is -3.13. The molecule has 33 heavy (non-hydrogen) atoms. The molecule has 2 aromatic carbocycles. The molecule has 1 saturated carbocycles. The van der Waals surface area contributed by atoms with Gasteiger partial charge >= 0.3 is 0 Å². The highest BCUT2D eigenvalue weighted by Crippen LogP contribution is 2.57. The fraction of sp³-hybridized carbons (Fsp3) is 0.360. The standard InChI is InChI=1S/C25H27N3O4S/c1-25(2)14-21-19(20-13-18(20)15-6-5-7-17(10-15)33(4,30)31)11-16(12-22(21)32-25)24(29)26-23-8-9-28(3)27-23/h5-12,18,20H,13-14H2,1-4H3,(H,26,27,29)/t18-,20?/m1/s1. The van der Waals surface area contributed by atoms with Gasteiger partial charge in [-0.2, -0.15) is 5.10 Å². The van der Waals surface area contributed by atoms with Crippen molar-refractivity contribution >= 4 is 21.6 Å². The number of nitrogens with zero attached hydrogens (tertiary/aromatic N) is 2. The number of anilines is 1. The Bertz CT molecular complexity index is 1370. The molecular formula is C25H27N3O4S. The summed E-state index contributed by atoms with van der Waals surface area (Å²) in [5.41, 5.74) is 3.45. The highest BCUT2D eigenvalue weighted by Gasteiger charge is 2.44. The second kappa shape index (κ2) is 7.45. The van der Waals surface area contributed by atoms with Gasteiger partial charge in [-0.15, -0.1) is 0 Å². The van der Waals surface area contributed by atoms with Crippen molar-refractivity contribution in [3.05, 3.63) is 70.9 Å². The number of rotatable bonds is 5. The maximum Gasteiger partial charge on any atom is 0.257 e. The van der Waals surface area contributed by atoms with Crippen LogP contribution >= 0.6 is 0 Å². The molecule has 1 unspecified atom stereocenters. The first-order valence-electron chi connectivity index (χ1n) is 11.0. The maximum absolute atomic E-state index is 13.0. The van der Waals surface area contributed by atoms with E-state index in [2.05, 4.69) is 10.4 Å². The SMILES string of the molecule is Cn1ccc(NC(=O)c2cc3c(c(C4C[C@@H]4c4cccc(S(C)(=O)=O)c4)c2)CC(C)(C)O3)n1. The lowest BCUT2D eigenvalue weighted by Crippen LogP contribution is -2.24. The number of aryl methyl sites for hydroxylation is 1. The van der Waals surface area contributed by atoms with Crippen molar-refractivity contribution in [1.29, 1.82) is 0 Å². The molecule has 0 saturated heterocycles. The van der Waals surface area contributed by atoms with Crippen LogP contribution in [-0.4, -0.2) is 36.0 Å². The average Bonchev–Trinajstić information content (AvgIpc) is 3.32. The van der Waals surface area contributed by atoms with E-state index >= 15 is 0 Å². The Balaban J connectivity index is 1.48. The molecule has 0 radical (unpaired) electrons. The van der Waals surface area contributed by atoms with E-state index in [0.717, 1.165) is 35.3 Å². The first kappa shape index (κ1) is 21.7. The fourth-order valence-electron chi connectivity index (χ4n) is 4.72. The molecule has 0 spiro atoms. The Morgan fingerprint density at radius 2 is 1.97 bits per heavy atom. The second-order valence-electron chi connectivity index (χ2n) is 9.70. The third kappa shape index (κ3) is 4.27. The molecule has 1 amide bonds. The van der Waals surface area contributed by atoms with Gasteiger partial charge in [0.2, 0.25) is 0 Å². The predicted octanol–water partition coefficient (Wildman–Crippen LogP) is 4.06. The van der Waals surface area contributed by atoms with Crippen molar-refractivity contribution < 1.29 is 17.9 Å². The summed E-state index contributed by atoms with van der Waals surface area (Å²) in [5, 5.41) is 7.08. The van der Waals surface area contributed by atoms with Crippen LogP contribution in [-0.2, 0) is 23.3 Å². The lowest BCUT2D eigenvalue weighted by molar-refractivity contribution is 0.102. The molecular weight excluding hydrogens is 438 g/mol. The largest absolute Gasteiger partial charge is 0.487 e. The summed E-state index contributed by atoms with van der Waals surface area (Å²) >= 11 is 0. The van der Waals surface area contributed by atoms with E-state index in [-0.39, 0.29) is 23.3 Å². The number of hydrogen-bond acceptors (Lipinski definition) is 5. The molecule has 3 aromatic rings. The molecule has 5 rings (SSSR count). The van der Waals surface area contributed by atoms with Crippen LogP contribution in [0.25, 0.3) is 0 Å². The van der Waals surface area contributed by atoms with Gasteiger partial charge in [-0.05, 0) is 67.5 Å². The van der Waals surface area contributed by atoms with E-state index in [0.29, 0.717) is 16.3 Å². The summed E-state index contributed by atoms with van der Waals surface area (Å²) in [6.07, 6.45) is 4.68. The van der Waals surface area contributed by atoms with Crippen LogP contribution in [0.5, 0.6) is 5.75 Å². The molecule has 2 aliphatic rings. The fourth-order valence-corrected chi connectivity index (χ4v) is 5.40. The number of amides is 1. The number of hydrogen-bond donors (Lipinski definition) is 1.